The quantitative estimate of drug-likeness (QED) is 0.426. The van der Waals surface area contributed by atoms with Gasteiger partial charge in [-0.25, -0.2) is 0 Å². The number of nitrogens with zero attached hydrogens (tertiary/aromatic N) is 2. The number of pyridine rings is 1. The number of hydrogen-bond donors (Lipinski definition) is 1. The fraction of sp³-hybridized carbons (Fsp3) is 0. The Balaban J connectivity index is 0. The Morgan fingerprint density at radius 1 is 1.50 bits per heavy atom. The predicted molar refractivity (Wildman–Crippen MR) is 44.8 cm³/mol. The van der Waals surface area contributed by atoms with E-state index in [4.69, 9.17) is 15.2 Å². The summed E-state index contributed by atoms with van der Waals surface area (Å²) in [7, 11) is 0. The van der Waals surface area contributed by atoms with E-state index in [1.165, 1.54) is 0 Å². The number of carboxylic acid groups (broad SMARTS) is 1. The summed E-state index contributed by atoms with van der Waals surface area (Å²) in [4.78, 5) is 12.1. The second-order valence-corrected chi connectivity index (χ2v) is 1.45. The Morgan fingerprint density at radius 2 is 1.92 bits per heavy atom. The normalized spacial score (nSPS) is 6.25. The molecule has 0 aliphatic heterocycles. The molecule has 0 amide bonds. The minimum absolute atomic E-state index is 0. The molecule has 0 bridgehead atoms. The molecule has 0 radical (unpaired) electrons. The first kappa shape index (κ1) is 13.3. The van der Waals surface area contributed by atoms with Gasteiger partial charge >= 0.3 is 18.9 Å². The molecule has 0 unspecified atom stereocenters. The van der Waals surface area contributed by atoms with Gasteiger partial charge < -0.3 is 5.11 Å². The predicted octanol–water partition coefficient (Wildman–Crippen LogP) is 0.00558. The molecule has 4 nitrogen and oxygen atoms in total. The van der Waals surface area contributed by atoms with E-state index in [2.05, 4.69) is 4.98 Å². The number of nitriles is 1. The summed E-state index contributed by atoms with van der Waals surface area (Å²) in [5.41, 5.74) is 0.653. The van der Waals surface area contributed by atoms with E-state index in [0.29, 0.717) is 5.56 Å². The number of aromatic nitrogens is 1. The van der Waals surface area contributed by atoms with Crippen molar-refractivity contribution < 1.29 is 9.90 Å². The van der Waals surface area contributed by atoms with Crippen molar-refractivity contribution in [2.45, 2.75) is 0 Å². The number of hydrogen-bond acceptors (Lipinski definition) is 3. The van der Waals surface area contributed by atoms with Gasteiger partial charge in [-0.05, 0) is 12.1 Å². The van der Waals surface area contributed by atoms with Crippen molar-refractivity contribution >= 4 is 25.3 Å². The van der Waals surface area contributed by atoms with Crippen LogP contribution in [-0.4, -0.2) is 35.4 Å². The van der Waals surface area contributed by atoms with Crippen LogP contribution in [0, 0.1) is 11.3 Å². The molecular weight excluding hydrogens is 151 g/mol. The SMILES string of the molecule is N#Cc1ccncc1.O=CO.[LiH]. The molecule has 5 heteroatoms. The van der Waals surface area contributed by atoms with E-state index in [1.54, 1.807) is 24.5 Å². The first-order valence-electron chi connectivity index (χ1n) is 2.73. The second kappa shape index (κ2) is 9.71. The van der Waals surface area contributed by atoms with Crippen LogP contribution in [0.3, 0.4) is 0 Å². The third kappa shape index (κ3) is 6.82. The van der Waals surface area contributed by atoms with Gasteiger partial charge in [0.15, 0.2) is 0 Å². The van der Waals surface area contributed by atoms with Gasteiger partial charge in [-0.15, -0.1) is 0 Å². The van der Waals surface area contributed by atoms with Gasteiger partial charge in [-0.1, -0.05) is 0 Å². The van der Waals surface area contributed by atoms with Crippen LogP contribution < -0.4 is 0 Å². The van der Waals surface area contributed by atoms with Crippen molar-refractivity contribution in [2.75, 3.05) is 0 Å². The van der Waals surface area contributed by atoms with Gasteiger partial charge in [0.2, 0.25) is 0 Å². The molecular formula is C7H7LiN2O2. The summed E-state index contributed by atoms with van der Waals surface area (Å²) >= 11 is 0. The van der Waals surface area contributed by atoms with Crippen LogP contribution in [0.25, 0.3) is 0 Å². The fourth-order valence-corrected chi connectivity index (χ4v) is 0.426. The molecule has 12 heavy (non-hydrogen) atoms. The molecule has 1 heterocycles. The molecule has 0 fully saturated rings. The topological polar surface area (TPSA) is 74.0 Å². The Labute approximate surface area is 82.0 Å². The first-order valence-corrected chi connectivity index (χ1v) is 2.73. The molecule has 1 rings (SSSR count). The maximum atomic E-state index is 8.36. The molecule has 0 aromatic carbocycles. The minimum atomic E-state index is -0.250. The molecule has 1 aromatic rings. The van der Waals surface area contributed by atoms with Crippen molar-refractivity contribution in [1.82, 2.24) is 4.98 Å². The van der Waals surface area contributed by atoms with Crippen molar-refractivity contribution in [1.29, 1.82) is 5.26 Å². The van der Waals surface area contributed by atoms with Crippen molar-refractivity contribution in [3.63, 3.8) is 0 Å². The molecule has 0 aliphatic carbocycles. The Morgan fingerprint density at radius 3 is 2.17 bits per heavy atom. The maximum absolute atomic E-state index is 8.36. The van der Waals surface area contributed by atoms with Gasteiger partial charge in [-0.3, -0.25) is 9.78 Å². The van der Waals surface area contributed by atoms with E-state index < -0.39 is 0 Å². The fourth-order valence-electron chi connectivity index (χ4n) is 0.426. The van der Waals surface area contributed by atoms with Gasteiger partial charge in [0.05, 0.1) is 11.6 Å². The molecule has 0 saturated carbocycles. The van der Waals surface area contributed by atoms with E-state index >= 15 is 0 Å². The monoisotopic (exact) mass is 158 g/mol. The average molecular weight is 158 g/mol. The number of carbonyl (C=O) groups is 1. The molecule has 1 N–H and O–H groups in total. The zero-order chi connectivity index (χ0) is 8.53. The zero-order valence-corrected chi connectivity index (χ0v) is 5.64. The Kier molecular flexibility index (Phi) is 10.8. The van der Waals surface area contributed by atoms with Gasteiger partial charge in [-0.2, -0.15) is 5.26 Å². The Hall–Kier alpha value is -1.29. The van der Waals surface area contributed by atoms with Crippen LogP contribution in [0.5, 0.6) is 0 Å². The van der Waals surface area contributed by atoms with E-state index in [0.717, 1.165) is 0 Å². The van der Waals surface area contributed by atoms with Crippen LogP contribution in [0.15, 0.2) is 24.5 Å². The standard InChI is InChI=1S/C6H4N2.CH2O2.Li.H/c7-5-6-1-3-8-4-2-6;2-1-3;;/h1-4H;1H,(H,2,3);;. The van der Waals surface area contributed by atoms with Crippen LogP contribution in [0.1, 0.15) is 5.56 Å². The van der Waals surface area contributed by atoms with Crippen LogP contribution in [0.2, 0.25) is 0 Å². The summed E-state index contributed by atoms with van der Waals surface area (Å²) in [5, 5.41) is 15.1. The third-order valence-corrected chi connectivity index (χ3v) is 0.809. The van der Waals surface area contributed by atoms with Crippen LogP contribution >= 0.6 is 0 Å². The van der Waals surface area contributed by atoms with Crippen molar-refractivity contribution in [3.05, 3.63) is 30.1 Å². The van der Waals surface area contributed by atoms with Gasteiger partial charge in [0.1, 0.15) is 0 Å². The van der Waals surface area contributed by atoms with E-state index in [9.17, 15) is 0 Å². The first-order chi connectivity index (χ1) is 5.35. The summed E-state index contributed by atoms with van der Waals surface area (Å²) in [6.07, 6.45) is 3.19. The van der Waals surface area contributed by atoms with Crippen molar-refractivity contribution in [3.8, 4) is 6.07 Å². The van der Waals surface area contributed by atoms with Crippen molar-refractivity contribution in [2.24, 2.45) is 0 Å². The molecule has 0 spiro atoms. The third-order valence-electron chi connectivity index (χ3n) is 0.809. The van der Waals surface area contributed by atoms with Crippen LogP contribution in [-0.2, 0) is 4.79 Å². The summed E-state index contributed by atoms with van der Waals surface area (Å²) in [6.45, 7) is -0.250. The molecule has 0 atom stereocenters. The van der Waals surface area contributed by atoms with Crippen LogP contribution in [0.4, 0.5) is 0 Å². The summed E-state index contributed by atoms with van der Waals surface area (Å²) < 4.78 is 0. The average Bonchev–Trinajstić information content (AvgIpc) is 2.08. The molecule has 0 saturated heterocycles. The Bertz CT molecular complexity index is 245. The molecule has 1 aromatic heterocycles. The zero-order valence-electron chi connectivity index (χ0n) is 5.64. The molecule has 0 aliphatic rings. The summed E-state index contributed by atoms with van der Waals surface area (Å²) in [6, 6.07) is 5.32. The molecule has 58 valence electrons. The van der Waals surface area contributed by atoms with E-state index in [-0.39, 0.29) is 25.3 Å². The van der Waals surface area contributed by atoms with Gasteiger partial charge in [0, 0.05) is 12.4 Å². The van der Waals surface area contributed by atoms with E-state index in [1.807, 2.05) is 6.07 Å². The number of rotatable bonds is 0. The second-order valence-electron chi connectivity index (χ2n) is 1.45. The van der Waals surface area contributed by atoms with Gasteiger partial charge in [0.25, 0.3) is 6.47 Å². The summed E-state index contributed by atoms with van der Waals surface area (Å²) in [5.74, 6) is 0.